The summed E-state index contributed by atoms with van der Waals surface area (Å²) >= 11 is 0. The van der Waals surface area contributed by atoms with E-state index in [0.29, 0.717) is 12.1 Å². The largest absolute Gasteiger partial charge is 0.446 e. The van der Waals surface area contributed by atoms with Gasteiger partial charge in [-0.15, -0.1) is 0 Å². The summed E-state index contributed by atoms with van der Waals surface area (Å²) in [5.41, 5.74) is -0.431. The van der Waals surface area contributed by atoms with Crippen molar-refractivity contribution in [2.24, 2.45) is 5.41 Å². The smallest absolute Gasteiger partial charge is 0.312 e. The van der Waals surface area contributed by atoms with Gasteiger partial charge in [0.15, 0.2) is 6.23 Å². The van der Waals surface area contributed by atoms with E-state index in [0.717, 1.165) is 13.0 Å². The Hall–Kier alpha value is -0.650. The molecule has 0 aromatic rings. The van der Waals surface area contributed by atoms with Crippen LogP contribution in [0.2, 0.25) is 0 Å². The lowest BCUT2D eigenvalue weighted by Crippen LogP contribution is -2.46. The Morgan fingerprint density at radius 2 is 1.86 bits per heavy atom. The Morgan fingerprint density at radius 3 is 2.43 bits per heavy atom. The first-order valence-electron chi connectivity index (χ1n) is 8.12. The van der Waals surface area contributed by atoms with Crippen molar-refractivity contribution in [2.75, 3.05) is 33.7 Å². The van der Waals surface area contributed by atoms with Crippen LogP contribution in [0.4, 0.5) is 0 Å². The second kappa shape index (κ2) is 6.63. The molecule has 2 aliphatic heterocycles. The Morgan fingerprint density at radius 1 is 1.24 bits per heavy atom. The Bertz CT molecular complexity index is 359. The summed E-state index contributed by atoms with van der Waals surface area (Å²) in [6.07, 6.45) is 3.23. The van der Waals surface area contributed by atoms with Crippen LogP contribution in [0.1, 0.15) is 40.0 Å². The minimum Gasteiger partial charge on any atom is -0.446 e. The molecule has 21 heavy (non-hydrogen) atoms. The van der Waals surface area contributed by atoms with Gasteiger partial charge in [-0.3, -0.25) is 15.0 Å². The number of rotatable bonds is 3. The summed E-state index contributed by atoms with van der Waals surface area (Å²) in [5, 5.41) is 3.34. The molecule has 5 heteroatoms. The number of likely N-dealkylation sites (N-methyl/N-ethyl adjacent to an activating group) is 1. The van der Waals surface area contributed by atoms with Crippen LogP contribution in [0.25, 0.3) is 0 Å². The van der Waals surface area contributed by atoms with Crippen LogP contribution < -0.4 is 5.32 Å². The van der Waals surface area contributed by atoms with Crippen LogP contribution in [-0.4, -0.2) is 67.8 Å². The first-order valence-corrected chi connectivity index (χ1v) is 8.12. The average molecular weight is 297 g/mol. The van der Waals surface area contributed by atoms with Crippen LogP contribution in [0.3, 0.4) is 0 Å². The fourth-order valence-corrected chi connectivity index (χ4v) is 3.09. The summed E-state index contributed by atoms with van der Waals surface area (Å²) in [6, 6.07) is 1.13. The fourth-order valence-electron chi connectivity index (χ4n) is 3.09. The van der Waals surface area contributed by atoms with E-state index in [2.05, 4.69) is 29.2 Å². The van der Waals surface area contributed by atoms with Crippen molar-refractivity contribution in [1.29, 1.82) is 0 Å². The van der Waals surface area contributed by atoms with Gasteiger partial charge in [0, 0.05) is 25.0 Å². The lowest BCUT2D eigenvalue weighted by molar-refractivity contribution is -0.159. The van der Waals surface area contributed by atoms with Crippen molar-refractivity contribution in [2.45, 2.75) is 58.3 Å². The molecule has 0 aromatic carbocycles. The van der Waals surface area contributed by atoms with E-state index in [4.69, 9.17) is 4.74 Å². The number of hydrogen-bond acceptors (Lipinski definition) is 5. The second-order valence-electron chi connectivity index (χ2n) is 7.64. The molecule has 5 nitrogen and oxygen atoms in total. The summed E-state index contributed by atoms with van der Waals surface area (Å²) in [5.74, 6) is -0.123. The predicted octanol–water partition coefficient (Wildman–Crippen LogP) is 1.29. The van der Waals surface area contributed by atoms with Crippen molar-refractivity contribution in [3.8, 4) is 0 Å². The molecule has 2 fully saturated rings. The highest BCUT2D eigenvalue weighted by Gasteiger charge is 2.35. The third-order valence-corrected chi connectivity index (χ3v) is 4.77. The van der Waals surface area contributed by atoms with Crippen molar-refractivity contribution >= 4 is 5.97 Å². The number of ether oxygens (including phenoxy) is 1. The zero-order valence-corrected chi connectivity index (χ0v) is 14.2. The molecule has 0 aliphatic carbocycles. The lowest BCUT2D eigenvalue weighted by atomic mass is 9.97. The van der Waals surface area contributed by atoms with E-state index in [9.17, 15) is 4.79 Å². The molecule has 122 valence electrons. The maximum absolute atomic E-state index is 12.0. The number of likely N-dealkylation sites (tertiary alicyclic amines) is 1. The molecule has 0 spiro atoms. The third kappa shape index (κ3) is 4.41. The van der Waals surface area contributed by atoms with Gasteiger partial charge in [0.05, 0.1) is 5.41 Å². The van der Waals surface area contributed by atoms with E-state index in [1.165, 1.54) is 25.9 Å². The molecule has 0 saturated carbocycles. The van der Waals surface area contributed by atoms with Crippen LogP contribution in [0.15, 0.2) is 0 Å². The van der Waals surface area contributed by atoms with Crippen molar-refractivity contribution in [3.05, 3.63) is 0 Å². The summed E-state index contributed by atoms with van der Waals surface area (Å²) in [7, 11) is 4.41. The first-order chi connectivity index (χ1) is 9.77. The number of carbonyl (C=O) groups excluding carboxylic acids is 1. The minimum atomic E-state index is -0.431. The molecule has 0 radical (unpaired) electrons. The zero-order valence-electron chi connectivity index (χ0n) is 14.2. The molecule has 2 rings (SSSR count). The molecule has 2 saturated heterocycles. The molecule has 2 heterocycles. The maximum atomic E-state index is 12.0. The van der Waals surface area contributed by atoms with E-state index in [1.54, 1.807) is 0 Å². The SMILES string of the molecule is CN1CCC(N(C)[C@@H]2CNC(OC(=O)C(C)(C)C)C2)CC1. The molecule has 0 aromatic heterocycles. The van der Waals surface area contributed by atoms with Crippen molar-refractivity contribution < 1.29 is 9.53 Å². The predicted molar refractivity (Wildman–Crippen MR) is 84.0 cm³/mol. The van der Waals surface area contributed by atoms with E-state index >= 15 is 0 Å². The summed E-state index contributed by atoms with van der Waals surface area (Å²) in [4.78, 5) is 16.8. The normalized spacial score (nSPS) is 29.0. The van der Waals surface area contributed by atoms with Crippen LogP contribution >= 0.6 is 0 Å². The average Bonchev–Trinajstić information content (AvgIpc) is 2.86. The van der Waals surface area contributed by atoms with Gasteiger partial charge in [0.25, 0.3) is 0 Å². The maximum Gasteiger partial charge on any atom is 0.312 e. The highest BCUT2D eigenvalue weighted by molar-refractivity contribution is 5.75. The number of esters is 1. The Kier molecular flexibility index (Phi) is 5.28. The number of nitrogens with one attached hydrogen (secondary N) is 1. The highest BCUT2D eigenvalue weighted by atomic mass is 16.6. The van der Waals surface area contributed by atoms with Gasteiger partial charge in [-0.2, -0.15) is 0 Å². The molecule has 1 unspecified atom stereocenters. The van der Waals surface area contributed by atoms with Gasteiger partial charge in [0.1, 0.15) is 0 Å². The zero-order chi connectivity index (χ0) is 15.6. The highest BCUT2D eigenvalue weighted by Crippen LogP contribution is 2.23. The quantitative estimate of drug-likeness (QED) is 0.795. The van der Waals surface area contributed by atoms with Gasteiger partial charge in [-0.05, 0) is 60.8 Å². The van der Waals surface area contributed by atoms with Gasteiger partial charge < -0.3 is 9.64 Å². The van der Waals surface area contributed by atoms with Crippen LogP contribution in [-0.2, 0) is 9.53 Å². The molecular weight excluding hydrogens is 266 g/mol. The third-order valence-electron chi connectivity index (χ3n) is 4.77. The number of nitrogens with zero attached hydrogens (tertiary/aromatic N) is 2. The van der Waals surface area contributed by atoms with E-state index in [1.807, 2.05) is 20.8 Å². The van der Waals surface area contributed by atoms with Crippen molar-refractivity contribution in [1.82, 2.24) is 15.1 Å². The molecule has 0 bridgehead atoms. The number of carbonyl (C=O) groups is 1. The van der Waals surface area contributed by atoms with Gasteiger partial charge in [-0.25, -0.2) is 0 Å². The summed E-state index contributed by atoms with van der Waals surface area (Å²) < 4.78 is 5.58. The van der Waals surface area contributed by atoms with E-state index < -0.39 is 5.41 Å². The van der Waals surface area contributed by atoms with E-state index in [-0.39, 0.29) is 12.2 Å². The molecule has 2 atom stereocenters. The monoisotopic (exact) mass is 297 g/mol. The molecule has 2 aliphatic rings. The van der Waals surface area contributed by atoms with Crippen molar-refractivity contribution in [3.63, 3.8) is 0 Å². The molecule has 0 amide bonds. The van der Waals surface area contributed by atoms with Crippen LogP contribution in [0.5, 0.6) is 0 Å². The Balaban J connectivity index is 1.80. The van der Waals surface area contributed by atoms with Gasteiger partial charge in [0.2, 0.25) is 0 Å². The minimum absolute atomic E-state index is 0.123. The standard InChI is InChI=1S/C16H31N3O2/c1-16(2,3)15(20)21-14-10-13(11-17-14)19(5)12-6-8-18(4)9-7-12/h12-14,17H,6-11H2,1-5H3/t13-,14?/m0/s1. The first kappa shape index (κ1) is 16.7. The number of hydrogen-bond donors (Lipinski definition) is 1. The summed E-state index contributed by atoms with van der Waals surface area (Å²) in [6.45, 7) is 8.95. The molecule has 1 N–H and O–H groups in total. The fraction of sp³-hybridized carbons (Fsp3) is 0.938. The van der Waals surface area contributed by atoms with Crippen LogP contribution in [0, 0.1) is 5.41 Å². The lowest BCUT2D eigenvalue weighted by Gasteiger charge is -2.38. The van der Waals surface area contributed by atoms with Gasteiger partial charge >= 0.3 is 5.97 Å². The molecular formula is C16H31N3O2. The number of piperidine rings is 1. The topological polar surface area (TPSA) is 44.8 Å². The Labute approximate surface area is 129 Å². The van der Waals surface area contributed by atoms with Gasteiger partial charge in [-0.1, -0.05) is 0 Å². The second-order valence-corrected chi connectivity index (χ2v) is 7.64.